The number of hydrogen-bond acceptors (Lipinski definition) is 4. The lowest BCUT2D eigenvalue weighted by Gasteiger charge is -2.13. The van der Waals surface area contributed by atoms with Crippen LogP contribution in [0.3, 0.4) is 0 Å². The quantitative estimate of drug-likeness (QED) is 0.749. The molecule has 1 atom stereocenters. The summed E-state index contributed by atoms with van der Waals surface area (Å²) in [6.45, 7) is 1.99. The van der Waals surface area contributed by atoms with E-state index in [2.05, 4.69) is 21.0 Å². The van der Waals surface area contributed by atoms with Crippen molar-refractivity contribution < 1.29 is 9.59 Å². The number of carbonyl (C=O) groups is 2. The third-order valence-electron chi connectivity index (χ3n) is 3.05. The van der Waals surface area contributed by atoms with E-state index in [1.807, 2.05) is 0 Å². The lowest BCUT2D eigenvalue weighted by Crippen LogP contribution is -2.25. The van der Waals surface area contributed by atoms with E-state index >= 15 is 0 Å². The molecule has 0 saturated heterocycles. The molecule has 2 amide bonds. The van der Waals surface area contributed by atoms with Gasteiger partial charge in [-0.2, -0.15) is 5.10 Å². The van der Waals surface area contributed by atoms with E-state index in [0.29, 0.717) is 11.4 Å². The summed E-state index contributed by atoms with van der Waals surface area (Å²) in [5.41, 5.74) is 1.25. The van der Waals surface area contributed by atoms with E-state index in [1.165, 1.54) is 0 Å². The minimum absolute atomic E-state index is 0.143. The van der Waals surface area contributed by atoms with Crippen molar-refractivity contribution >= 4 is 23.2 Å². The Labute approximate surface area is 128 Å². The smallest absolute Gasteiger partial charge is 0.248 e. The molecule has 3 N–H and O–H groups in total. The van der Waals surface area contributed by atoms with E-state index in [1.54, 1.807) is 61.4 Å². The van der Waals surface area contributed by atoms with Crippen molar-refractivity contribution in [1.29, 1.82) is 0 Å². The molecule has 1 unspecified atom stereocenters. The summed E-state index contributed by atoms with van der Waals surface area (Å²) in [5, 5.41) is 12.4. The molecule has 0 aliphatic rings. The first-order chi connectivity index (χ1) is 10.6. The van der Waals surface area contributed by atoms with Gasteiger partial charge in [-0.1, -0.05) is 6.07 Å². The van der Waals surface area contributed by atoms with Gasteiger partial charge in [-0.25, -0.2) is 0 Å². The van der Waals surface area contributed by atoms with Crippen molar-refractivity contribution in [3.63, 3.8) is 0 Å². The molecule has 0 bridgehead atoms. The van der Waals surface area contributed by atoms with Crippen LogP contribution in [0, 0.1) is 0 Å². The molecular weight excluding hydrogens is 282 g/mol. The molecule has 2 rings (SSSR count). The van der Waals surface area contributed by atoms with Crippen LogP contribution < -0.4 is 16.0 Å². The molecule has 1 heterocycles. The topological polar surface area (TPSA) is 88.0 Å². The second kappa shape index (κ2) is 7.37. The molecule has 2 aromatic rings. The van der Waals surface area contributed by atoms with Gasteiger partial charge in [0.05, 0.1) is 6.54 Å². The van der Waals surface area contributed by atoms with E-state index in [9.17, 15) is 9.59 Å². The second-order valence-electron chi connectivity index (χ2n) is 4.81. The minimum atomic E-state index is -0.419. The maximum absolute atomic E-state index is 12.2. The number of hydrogen-bond donors (Lipinski definition) is 3. The highest BCUT2D eigenvalue weighted by atomic mass is 16.2. The molecule has 7 heteroatoms. The van der Waals surface area contributed by atoms with E-state index in [0.717, 1.165) is 0 Å². The Bertz CT molecular complexity index is 639. The van der Waals surface area contributed by atoms with Crippen LogP contribution in [-0.2, 0) is 9.59 Å². The SMILES string of the molecule is CNCC(=O)Nc1cccc(NC(=O)C(C)n2cccn2)c1. The summed E-state index contributed by atoms with van der Waals surface area (Å²) in [4.78, 5) is 23.7. The highest BCUT2D eigenvalue weighted by Gasteiger charge is 2.15. The number of nitrogens with one attached hydrogen (secondary N) is 3. The van der Waals surface area contributed by atoms with Gasteiger partial charge in [0.15, 0.2) is 0 Å². The van der Waals surface area contributed by atoms with Crippen molar-refractivity contribution in [2.45, 2.75) is 13.0 Å². The first-order valence-corrected chi connectivity index (χ1v) is 6.94. The molecule has 0 radical (unpaired) electrons. The van der Waals surface area contributed by atoms with E-state index in [4.69, 9.17) is 0 Å². The molecule has 1 aromatic carbocycles. The lowest BCUT2D eigenvalue weighted by atomic mass is 10.2. The number of amides is 2. The molecule has 0 saturated carbocycles. The fraction of sp³-hybridized carbons (Fsp3) is 0.267. The van der Waals surface area contributed by atoms with Crippen molar-refractivity contribution in [2.24, 2.45) is 0 Å². The summed E-state index contributed by atoms with van der Waals surface area (Å²) in [7, 11) is 1.70. The second-order valence-corrected chi connectivity index (χ2v) is 4.81. The standard InChI is InChI=1S/C15H19N5O2/c1-11(20-8-4-7-17-20)15(22)19-13-6-3-5-12(9-13)18-14(21)10-16-2/h3-9,11,16H,10H2,1-2H3,(H,18,21)(H,19,22). The molecule has 0 fully saturated rings. The summed E-state index contributed by atoms with van der Waals surface area (Å²) >= 11 is 0. The molecule has 0 aliphatic carbocycles. The van der Waals surface area contributed by atoms with Gasteiger partial charge in [-0.15, -0.1) is 0 Å². The van der Waals surface area contributed by atoms with Gasteiger partial charge in [0.1, 0.15) is 6.04 Å². The van der Waals surface area contributed by atoms with Crippen molar-refractivity contribution in [1.82, 2.24) is 15.1 Å². The van der Waals surface area contributed by atoms with Gasteiger partial charge < -0.3 is 16.0 Å². The molecule has 116 valence electrons. The van der Waals surface area contributed by atoms with Crippen LogP contribution in [0.5, 0.6) is 0 Å². The number of anilines is 2. The van der Waals surface area contributed by atoms with Crippen LogP contribution in [0.4, 0.5) is 11.4 Å². The number of likely N-dealkylation sites (N-methyl/N-ethyl adjacent to an activating group) is 1. The zero-order chi connectivity index (χ0) is 15.9. The summed E-state index contributed by atoms with van der Waals surface area (Å²) in [6.07, 6.45) is 3.36. The van der Waals surface area contributed by atoms with Gasteiger partial charge in [0.25, 0.3) is 0 Å². The van der Waals surface area contributed by atoms with Crippen LogP contribution >= 0.6 is 0 Å². The Morgan fingerprint density at radius 3 is 2.59 bits per heavy atom. The highest BCUT2D eigenvalue weighted by molar-refractivity contribution is 5.96. The van der Waals surface area contributed by atoms with Crippen LogP contribution in [0.25, 0.3) is 0 Å². The Morgan fingerprint density at radius 1 is 1.23 bits per heavy atom. The molecule has 22 heavy (non-hydrogen) atoms. The van der Waals surface area contributed by atoms with Crippen molar-refractivity contribution in [3.05, 3.63) is 42.7 Å². The third kappa shape index (κ3) is 4.16. The lowest BCUT2D eigenvalue weighted by molar-refractivity contribution is -0.119. The van der Waals surface area contributed by atoms with E-state index in [-0.39, 0.29) is 18.4 Å². The van der Waals surface area contributed by atoms with Crippen molar-refractivity contribution in [3.8, 4) is 0 Å². The maximum Gasteiger partial charge on any atom is 0.248 e. The Kier molecular flexibility index (Phi) is 5.26. The summed E-state index contributed by atoms with van der Waals surface area (Å²) in [5.74, 6) is -0.321. The molecule has 0 spiro atoms. The van der Waals surface area contributed by atoms with Gasteiger partial charge in [-0.05, 0) is 38.2 Å². The summed E-state index contributed by atoms with van der Waals surface area (Å²) in [6, 6.07) is 8.35. The van der Waals surface area contributed by atoms with Crippen molar-refractivity contribution in [2.75, 3.05) is 24.2 Å². The average Bonchev–Trinajstić information content (AvgIpc) is 3.01. The van der Waals surface area contributed by atoms with E-state index < -0.39 is 6.04 Å². The first-order valence-electron chi connectivity index (χ1n) is 6.94. The van der Waals surface area contributed by atoms with Crippen LogP contribution in [0.15, 0.2) is 42.7 Å². The number of carbonyl (C=O) groups excluding carboxylic acids is 2. The normalized spacial score (nSPS) is 11.7. The number of benzene rings is 1. The predicted molar refractivity (Wildman–Crippen MR) is 84.6 cm³/mol. The average molecular weight is 301 g/mol. The number of aromatic nitrogens is 2. The van der Waals surface area contributed by atoms with Crippen LogP contribution in [0.1, 0.15) is 13.0 Å². The Morgan fingerprint density at radius 2 is 1.95 bits per heavy atom. The third-order valence-corrected chi connectivity index (χ3v) is 3.05. The molecule has 0 aliphatic heterocycles. The zero-order valence-electron chi connectivity index (χ0n) is 12.5. The van der Waals surface area contributed by atoms with Crippen LogP contribution in [0.2, 0.25) is 0 Å². The van der Waals surface area contributed by atoms with Gasteiger partial charge >= 0.3 is 0 Å². The molecular formula is C15H19N5O2. The minimum Gasteiger partial charge on any atom is -0.325 e. The monoisotopic (exact) mass is 301 g/mol. The van der Waals surface area contributed by atoms with Gasteiger partial charge in [-0.3, -0.25) is 14.3 Å². The predicted octanol–water partition coefficient (Wildman–Crippen LogP) is 1.24. The largest absolute Gasteiger partial charge is 0.325 e. The molecule has 1 aromatic heterocycles. The molecule has 7 nitrogen and oxygen atoms in total. The Balaban J connectivity index is 2.00. The summed E-state index contributed by atoms with van der Waals surface area (Å²) < 4.78 is 1.58. The number of rotatable bonds is 6. The maximum atomic E-state index is 12.2. The Hall–Kier alpha value is -2.67. The highest BCUT2D eigenvalue weighted by Crippen LogP contribution is 2.16. The number of nitrogens with zero attached hydrogens (tertiary/aromatic N) is 2. The van der Waals surface area contributed by atoms with Crippen LogP contribution in [-0.4, -0.2) is 35.2 Å². The van der Waals surface area contributed by atoms with Gasteiger partial charge in [0.2, 0.25) is 11.8 Å². The van der Waals surface area contributed by atoms with Gasteiger partial charge in [0, 0.05) is 23.8 Å². The zero-order valence-corrected chi connectivity index (χ0v) is 12.5. The first kappa shape index (κ1) is 15.7. The fourth-order valence-corrected chi connectivity index (χ4v) is 1.92. The fourth-order valence-electron chi connectivity index (χ4n) is 1.92.